The Morgan fingerprint density at radius 2 is 2.05 bits per heavy atom. The molecule has 0 N–H and O–H groups in total. The van der Waals surface area contributed by atoms with Gasteiger partial charge in [0.1, 0.15) is 18.5 Å². The third kappa shape index (κ3) is 2.91. The van der Waals surface area contributed by atoms with E-state index in [0.29, 0.717) is 11.6 Å². The quantitative estimate of drug-likeness (QED) is 0.841. The average molecular weight is 275 g/mol. The highest BCUT2D eigenvalue weighted by Gasteiger charge is 2.20. The summed E-state index contributed by atoms with van der Waals surface area (Å²) in [7, 11) is 0. The van der Waals surface area contributed by atoms with Gasteiger partial charge in [0.25, 0.3) is 0 Å². The molecule has 0 spiro atoms. The molecule has 0 bridgehead atoms. The minimum Gasteiger partial charge on any atom is -0.490 e. The zero-order valence-electron chi connectivity index (χ0n) is 10.5. The number of fused-ring (bicyclic) bond motifs is 1. The van der Waals surface area contributed by atoms with Gasteiger partial charge < -0.3 is 9.47 Å². The Bertz CT molecular complexity index is 568. The van der Waals surface area contributed by atoms with Gasteiger partial charge in [0, 0.05) is 5.02 Å². The van der Waals surface area contributed by atoms with E-state index in [2.05, 4.69) is 18.2 Å². The van der Waals surface area contributed by atoms with E-state index in [1.165, 1.54) is 11.1 Å². The SMILES string of the molecule is Clc1cccc(OCC2OCCc3ccccc32)c1. The molecule has 1 aliphatic heterocycles. The molecular formula is C16H15ClO2. The smallest absolute Gasteiger partial charge is 0.120 e. The van der Waals surface area contributed by atoms with Crippen LogP contribution in [0.2, 0.25) is 5.02 Å². The topological polar surface area (TPSA) is 18.5 Å². The summed E-state index contributed by atoms with van der Waals surface area (Å²) >= 11 is 5.94. The lowest BCUT2D eigenvalue weighted by Gasteiger charge is -2.26. The maximum Gasteiger partial charge on any atom is 0.120 e. The van der Waals surface area contributed by atoms with E-state index < -0.39 is 0 Å². The van der Waals surface area contributed by atoms with Crippen LogP contribution in [0.5, 0.6) is 5.75 Å². The van der Waals surface area contributed by atoms with E-state index in [9.17, 15) is 0 Å². The lowest BCUT2D eigenvalue weighted by molar-refractivity contribution is 0.0102. The summed E-state index contributed by atoms with van der Waals surface area (Å²) in [6.45, 7) is 1.26. The van der Waals surface area contributed by atoms with Crippen molar-refractivity contribution in [1.29, 1.82) is 0 Å². The van der Waals surface area contributed by atoms with Gasteiger partial charge in [-0.1, -0.05) is 41.9 Å². The molecule has 2 aromatic rings. The van der Waals surface area contributed by atoms with Crippen LogP contribution in [0.3, 0.4) is 0 Å². The first-order chi connectivity index (χ1) is 9.33. The molecule has 98 valence electrons. The molecule has 1 unspecified atom stereocenters. The Kier molecular flexibility index (Phi) is 3.72. The van der Waals surface area contributed by atoms with Crippen LogP contribution in [0.4, 0.5) is 0 Å². The molecule has 0 radical (unpaired) electrons. The molecule has 0 saturated heterocycles. The van der Waals surface area contributed by atoms with Crippen LogP contribution in [0.25, 0.3) is 0 Å². The highest BCUT2D eigenvalue weighted by Crippen LogP contribution is 2.28. The monoisotopic (exact) mass is 274 g/mol. The van der Waals surface area contributed by atoms with Gasteiger partial charge in [-0.05, 0) is 35.7 Å². The second kappa shape index (κ2) is 5.64. The number of halogens is 1. The van der Waals surface area contributed by atoms with Crippen LogP contribution >= 0.6 is 11.6 Å². The van der Waals surface area contributed by atoms with Gasteiger partial charge in [-0.2, -0.15) is 0 Å². The number of hydrogen-bond acceptors (Lipinski definition) is 2. The van der Waals surface area contributed by atoms with E-state index in [1.807, 2.05) is 30.3 Å². The Hall–Kier alpha value is -1.51. The number of rotatable bonds is 3. The standard InChI is InChI=1S/C16H15ClO2/c17-13-5-3-6-14(10-13)19-11-16-15-7-2-1-4-12(15)8-9-18-16/h1-7,10,16H,8-9,11H2. The van der Waals surface area contributed by atoms with Crippen LogP contribution in [-0.2, 0) is 11.2 Å². The van der Waals surface area contributed by atoms with Gasteiger partial charge in [-0.15, -0.1) is 0 Å². The molecule has 3 heteroatoms. The van der Waals surface area contributed by atoms with Crippen molar-refractivity contribution < 1.29 is 9.47 Å². The van der Waals surface area contributed by atoms with Crippen molar-refractivity contribution in [2.24, 2.45) is 0 Å². The minimum atomic E-state index is 0.00364. The Labute approximate surface area is 117 Å². The first-order valence-corrected chi connectivity index (χ1v) is 6.78. The Morgan fingerprint density at radius 1 is 1.16 bits per heavy atom. The molecule has 0 fully saturated rings. The lowest BCUT2D eigenvalue weighted by atomic mass is 9.98. The summed E-state index contributed by atoms with van der Waals surface area (Å²) in [6.07, 6.45) is 0.980. The summed E-state index contributed by atoms with van der Waals surface area (Å²) in [5, 5.41) is 0.683. The van der Waals surface area contributed by atoms with Crippen molar-refractivity contribution in [2.75, 3.05) is 13.2 Å². The zero-order chi connectivity index (χ0) is 13.1. The van der Waals surface area contributed by atoms with Crippen molar-refractivity contribution in [1.82, 2.24) is 0 Å². The van der Waals surface area contributed by atoms with E-state index in [-0.39, 0.29) is 6.10 Å². The van der Waals surface area contributed by atoms with Gasteiger partial charge in [0.05, 0.1) is 6.61 Å². The number of hydrogen-bond donors (Lipinski definition) is 0. The summed E-state index contributed by atoms with van der Waals surface area (Å²) in [6, 6.07) is 15.8. The second-order valence-electron chi connectivity index (χ2n) is 4.58. The molecule has 0 aliphatic carbocycles. The van der Waals surface area contributed by atoms with Gasteiger partial charge in [0.15, 0.2) is 0 Å². The molecule has 0 aromatic heterocycles. The summed E-state index contributed by atoms with van der Waals surface area (Å²) in [4.78, 5) is 0. The molecule has 1 atom stereocenters. The van der Waals surface area contributed by atoms with E-state index in [0.717, 1.165) is 18.8 Å². The predicted octanol–water partition coefficient (Wildman–Crippen LogP) is 4.03. The average Bonchev–Trinajstić information content (AvgIpc) is 2.45. The lowest BCUT2D eigenvalue weighted by Crippen LogP contribution is -2.21. The Morgan fingerprint density at radius 3 is 2.95 bits per heavy atom. The number of benzene rings is 2. The summed E-state index contributed by atoms with van der Waals surface area (Å²) in [5.41, 5.74) is 2.59. The molecule has 3 rings (SSSR count). The molecule has 2 aromatic carbocycles. The van der Waals surface area contributed by atoms with Crippen molar-refractivity contribution in [3.8, 4) is 5.75 Å². The highest BCUT2D eigenvalue weighted by atomic mass is 35.5. The fraction of sp³-hybridized carbons (Fsp3) is 0.250. The van der Waals surface area contributed by atoms with Crippen LogP contribution in [0, 0.1) is 0 Å². The first kappa shape index (κ1) is 12.5. The molecular weight excluding hydrogens is 260 g/mol. The van der Waals surface area contributed by atoms with Crippen molar-refractivity contribution in [2.45, 2.75) is 12.5 Å². The molecule has 2 nitrogen and oxygen atoms in total. The number of ether oxygens (including phenoxy) is 2. The van der Waals surface area contributed by atoms with E-state index >= 15 is 0 Å². The van der Waals surface area contributed by atoms with Crippen LogP contribution in [-0.4, -0.2) is 13.2 Å². The fourth-order valence-corrected chi connectivity index (χ4v) is 2.52. The third-order valence-electron chi connectivity index (χ3n) is 3.29. The van der Waals surface area contributed by atoms with Gasteiger partial charge >= 0.3 is 0 Å². The van der Waals surface area contributed by atoms with Gasteiger partial charge in [0.2, 0.25) is 0 Å². The summed E-state index contributed by atoms with van der Waals surface area (Å²) < 4.78 is 11.6. The maximum atomic E-state index is 5.94. The van der Waals surface area contributed by atoms with Gasteiger partial charge in [-0.3, -0.25) is 0 Å². The van der Waals surface area contributed by atoms with Crippen LogP contribution in [0.15, 0.2) is 48.5 Å². The van der Waals surface area contributed by atoms with Crippen molar-refractivity contribution in [3.63, 3.8) is 0 Å². The molecule has 1 heterocycles. The highest BCUT2D eigenvalue weighted by molar-refractivity contribution is 6.30. The molecule has 0 saturated carbocycles. The normalized spacial score (nSPS) is 17.8. The molecule has 1 aliphatic rings. The second-order valence-corrected chi connectivity index (χ2v) is 5.01. The van der Waals surface area contributed by atoms with E-state index in [1.54, 1.807) is 0 Å². The maximum absolute atomic E-state index is 5.94. The van der Waals surface area contributed by atoms with Crippen LogP contribution < -0.4 is 4.74 Å². The molecule has 0 amide bonds. The summed E-state index contributed by atoms with van der Waals surface area (Å²) in [5.74, 6) is 0.777. The van der Waals surface area contributed by atoms with Gasteiger partial charge in [-0.25, -0.2) is 0 Å². The largest absolute Gasteiger partial charge is 0.490 e. The van der Waals surface area contributed by atoms with Crippen molar-refractivity contribution >= 4 is 11.6 Å². The first-order valence-electron chi connectivity index (χ1n) is 6.41. The predicted molar refractivity (Wildman–Crippen MR) is 75.8 cm³/mol. The third-order valence-corrected chi connectivity index (χ3v) is 3.52. The van der Waals surface area contributed by atoms with Crippen molar-refractivity contribution in [3.05, 3.63) is 64.7 Å². The zero-order valence-corrected chi connectivity index (χ0v) is 11.3. The van der Waals surface area contributed by atoms with E-state index in [4.69, 9.17) is 21.1 Å². The molecule has 19 heavy (non-hydrogen) atoms. The van der Waals surface area contributed by atoms with Crippen LogP contribution in [0.1, 0.15) is 17.2 Å². The Balaban J connectivity index is 1.71. The minimum absolute atomic E-state index is 0.00364. The fourth-order valence-electron chi connectivity index (χ4n) is 2.34.